The first-order valence-electron chi connectivity index (χ1n) is 12.8. The van der Waals surface area contributed by atoms with Crippen LogP contribution in [0.5, 0.6) is 0 Å². The van der Waals surface area contributed by atoms with Crippen LogP contribution in [0.3, 0.4) is 0 Å². The number of aromatic nitrogens is 5. The van der Waals surface area contributed by atoms with Gasteiger partial charge in [0.2, 0.25) is 0 Å². The molecule has 1 fully saturated rings. The van der Waals surface area contributed by atoms with Gasteiger partial charge in [0.1, 0.15) is 11.5 Å². The number of pyridine rings is 2. The van der Waals surface area contributed by atoms with E-state index in [0.717, 1.165) is 67.0 Å². The highest BCUT2D eigenvalue weighted by Crippen LogP contribution is 2.36. The number of nitrogens with one attached hydrogen (secondary N) is 3. The summed E-state index contributed by atoms with van der Waals surface area (Å²) in [6, 6.07) is 18.8. The molecule has 2 aromatic carbocycles. The minimum absolute atomic E-state index is 0.255. The molecule has 6 nitrogen and oxygen atoms in total. The van der Waals surface area contributed by atoms with E-state index in [1.165, 1.54) is 25.3 Å². The number of halogens is 1. The van der Waals surface area contributed by atoms with E-state index < -0.39 is 0 Å². The Morgan fingerprint density at radius 2 is 1.82 bits per heavy atom. The lowest BCUT2D eigenvalue weighted by Crippen LogP contribution is -2.18. The molecule has 4 aromatic heterocycles. The van der Waals surface area contributed by atoms with Gasteiger partial charge >= 0.3 is 0 Å². The van der Waals surface area contributed by atoms with E-state index >= 15 is 0 Å². The Labute approximate surface area is 218 Å². The number of allylic oxidation sites excluding steroid dienone is 1. The Kier molecular flexibility index (Phi) is 5.28. The number of rotatable bonds is 6. The van der Waals surface area contributed by atoms with Crippen molar-refractivity contribution in [3.05, 3.63) is 97.3 Å². The molecule has 0 radical (unpaired) electrons. The number of anilines is 1. The molecule has 6 aromatic rings. The second-order valence-electron chi connectivity index (χ2n) is 9.89. The summed E-state index contributed by atoms with van der Waals surface area (Å²) in [5.74, 6) is 0.286. The topological polar surface area (TPSA) is 82.3 Å². The number of benzene rings is 2. The first kappa shape index (κ1) is 22.4. The molecule has 0 unspecified atom stereocenters. The molecule has 0 spiro atoms. The summed E-state index contributed by atoms with van der Waals surface area (Å²) in [5.41, 5.74) is 8.95. The van der Waals surface area contributed by atoms with Gasteiger partial charge in [-0.3, -0.25) is 15.1 Å². The van der Waals surface area contributed by atoms with Crippen LogP contribution in [0.1, 0.15) is 19.3 Å². The van der Waals surface area contributed by atoms with Gasteiger partial charge in [0.05, 0.1) is 35.0 Å². The Bertz CT molecular complexity index is 1830. The monoisotopic (exact) mass is 500 g/mol. The van der Waals surface area contributed by atoms with E-state index in [-0.39, 0.29) is 5.82 Å². The Morgan fingerprint density at radius 1 is 0.921 bits per heavy atom. The SMILES string of the molecule is C=C(Nc1cncc(-c2cc3c(-c4cc5c(-c6cccc(F)c6)cccc5[nH]4)n[nH]c3cn2)c1)C1CCC1. The largest absolute Gasteiger partial charge is 0.358 e. The zero-order valence-electron chi connectivity index (χ0n) is 20.6. The van der Waals surface area contributed by atoms with Crippen LogP contribution in [0.25, 0.3) is 55.6 Å². The van der Waals surface area contributed by atoms with Crippen LogP contribution in [0, 0.1) is 11.7 Å². The number of hydrogen-bond acceptors (Lipinski definition) is 4. The van der Waals surface area contributed by atoms with Gasteiger partial charge in [-0.05, 0) is 66.3 Å². The van der Waals surface area contributed by atoms with Crippen molar-refractivity contribution in [3.63, 3.8) is 0 Å². The maximum Gasteiger partial charge on any atom is 0.123 e. The molecule has 186 valence electrons. The molecule has 1 aliphatic rings. The Morgan fingerprint density at radius 3 is 2.66 bits per heavy atom. The van der Waals surface area contributed by atoms with Crippen LogP contribution in [0.2, 0.25) is 0 Å². The van der Waals surface area contributed by atoms with E-state index in [4.69, 9.17) is 0 Å². The van der Waals surface area contributed by atoms with Crippen molar-refractivity contribution in [2.75, 3.05) is 5.32 Å². The van der Waals surface area contributed by atoms with Crippen LogP contribution in [-0.2, 0) is 0 Å². The van der Waals surface area contributed by atoms with Crippen molar-refractivity contribution in [3.8, 4) is 33.8 Å². The van der Waals surface area contributed by atoms with Crippen molar-refractivity contribution in [2.24, 2.45) is 5.92 Å². The second-order valence-corrected chi connectivity index (χ2v) is 9.89. The van der Waals surface area contributed by atoms with Gasteiger partial charge in [-0.25, -0.2) is 4.39 Å². The van der Waals surface area contributed by atoms with Crippen molar-refractivity contribution >= 4 is 27.5 Å². The molecule has 4 heterocycles. The molecule has 0 bridgehead atoms. The van der Waals surface area contributed by atoms with Gasteiger partial charge in [0.25, 0.3) is 0 Å². The second kappa shape index (κ2) is 8.95. The maximum atomic E-state index is 13.9. The molecular formula is C31H25FN6. The van der Waals surface area contributed by atoms with Crippen molar-refractivity contribution < 1.29 is 4.39 Å². The number of fused-ring (bicyclic) bond motifs is 2. The van der Waals surface area contributed by atoms with Crippen molar-refractivity contribution in [1.29, 1.82) is 0 Å². The van der Waals surface area contributed by atoms with Gasteiger partial charge < -0.3 is 10.3 Å². The normalized spacial score (nSPS) is 13.6. The maximum absolute atomic E-state index is 13.9. The van der Waals surface area contributed by atoms with Gasteiger partial charge in [0.15, 0.2) is 0 Å². The molecule has 7 heteroatoms. The fourth-order valence-corrected chi connectivity index (χ4v) is 5.16. The smallest absolute Gasteiger partial charge is 0.123 e. The standard InChI is InChI=1S/C31H25FN6/c1-18(19-5-2-6-19)35-23-12-21(15-33-16-23)28-14-26-30(17-34-28)37-38-31(26)29-13-25-24(9-4-10-27(25)36-29)20-7-3-8-22(32)11-20/h3-4,7-17,19,35-36H,1-2,5-6H2,(H,37,38). The van der Waals surface area contributed by atoms with Crippen molar-refractivity contribution in [2.45, 2.75) is 19.3 Å². The summed E-state index contributed by atoms with van der Waals surface area (Å²) >= 11 is 0. The molecule has 0 atom stereocenters. The highest BCUT2D eigenvalue weighted by Gasteiger charge is 2.21. The van der Waals surface area contributed by atoms with E-state index in [1.807, 2.05) is 42.7 Å². The van der Waals surface area contributed by atoms with Crippen LogP contribution < -0.4 is 5.32 Å². The molecule has 7 rings (SSSR count). The van der Waals surface area contributed by atoms with Gasteiger partial charge in [-0.2, -0.15) is 5.10 Å². The highest BCUT2D eigenvalue weighted by molar-refractivity contribution is 6.01. The highest BCUT2D eigenvalue weighted by atomic mass is 19.1. The minimum Gasteiger partial charge on any atom is -0.358 e. The molecule has 38 heavy (non-hydrogen) atoms. The van der Waals surface area contributed by atoms with Gasteiger partial charge in [-0.1, -0.05) is 37.3 Å². The first-order chi connectivity index (χ1) is 18.6. The summed E-state index contributed by atoms with van der Waals surface area (Å²) in [6.45, 7) is 4.21. The molecule has 0 amide bonds. The Hall–Kier alpha value is -4.78. The lowest BCUT2D eigenvalue weighted by molar-refractivity contribution is 0.371. The lowest BCUT2D eigenvalue weighted by Gasteiger charge is -2.28. The minimum atomic E-state index is -0.255. The fourth-order valence-electron chi connectivity index (χ4n) is 5.16. The van der Waals surface area contributed by atoms with E-state index in [1.54, 1.807) is 18.3 Å². The summed E-state index contributed by atoms with van der Waals surface area (Å²) in [4.78, 5) is 12.6. The average molecular weight is 501 g/mol. The summed E-state index contributed by atoms with van der Waals surface area (Å²) in [6.07, 6.45) is 9.09. The van der Waals surface area contributed by atoms with Gasteiger partial charge in [-0.15, -0.1) is 0 Å². The molecule has 3 N–H and O–H groups in total. The van der Waals surface area contributed by atoms with E-state index in [0.29, 0.717) is 5.92 Å². The zero-order valence-corrected chi connectivity index (χ0v) is 20.6. The van der Waals surface area contributed by atoms with Gasteiger partial charge in [0, 0.05) is 33.7 Å². The van der Waals surface area contributed by atoms with E-state index in [2.05, 4.69) is 49.2 Å². The third-order valence-electron chi connectivity index (χ3n) is 7.44. The van der Waals surface area contributed by atoms with E-state index in [9.17, 15) is 4.39 Å². The van der Waals surface area contributed by atoms with Crippen molar-refractivity contribution in [1.82, 2.24) is 25.1 Å². The molecule has 1 aliphatic carbocycles. The number of nitrogens with zero attached hydrogens (tertiary/aromatic N) is 3. The van der Waals surface area contributed by atoms with Crippen LogP contribution in [0.15, 0.2) is 91.5 Å². The number of aromatic amines is 2. The molecule has 0 saturated heterocycles. The van der Waals surface area contributed by atoms with Crippen LogP contribution in [0.4, 0.5) is 10.1 Å². The number of H-pyrrole nitrogens is 2. The molecular weight excluding hydrogens is 475 g/mol. The summed E-state index contributed by atoms with van der Waals surface area (Å²) in [7, 11) is 0. The Balaban J connectivity index is 1.26. The first-order valence-corrected chi connectivity index (χ1v) is 12.8. The molecule has 1 saturated carbocycles. The lowest BCUT2D eigenvalue weighted by atomic mass is 9.83. The summed E-state index contributed by atoms with van der Waals surface area (Å²) < 4.78 is 13.9. The third-order valence-corrected chi connectivity index (χ3v) is 7.44. The summed E-state index contributed by atoms with van der Waals surface area (Å²) in [5, 5.41) is 13.1. The number of hydrogen-bond donors (Lipinski definition) is 3. The quantitative estimate of drug-likeness (QED) is 0.219. The zero-order chi connectivity index (χ0) is 25.6. The fraction of sp³-hybridized carbons (Fsp3) is 0.129. The predicted octanol–water partition coefficient (Wildman–Crippen LogP) is 7.70. The third kappa shape index (κ3) is 3.93. The predicted molar refractivity (Wildman–Crippen MR) is 150 cm³/mol. The molecule has 0 aliphatic heterocycles. The van der Waals surface area contributed by atoms with Crippen LogP contribution in [-0.4, -0.2) is 25.1 Å². The van der Waals surface area contributed by atoms with Crippen LogP contribution >= 0.6 is 0 Å². The average Bonchev–Trinajstić information content (AvgIpc) is 3.51.